The van der Waals surface area contributed by atoms with Gasteiger partial charge in [-0.05, 0) is 41.4 Å². The lowest BCUT2D eigenvalue weighted by molar-refractivity contribution is -0.118. The van der Waals surface area contributed by atoms with Crippen molar-refractivity contribution in [1.82, 2.24) is 0 Å². The van der Waals surface area contributed by atoms with Crippen molar-refractivity contribution in [2.45, 2.75) is 51.4 Å². The minimum Gasteiger partial charge on any atom is -0.369 e. The molecule has 1 aromatic rings. The van der Waals surface area contributed by atoms with Gasteiger partial charge < -0.3 is 10.5 Å². The van der Waals surface area contributed by atoms with E-state index in [9.17, 15) is 9.59 Å². The Morgan fingerprint density at radius 3 is 2.63 bits per heavy atom. The zero-order valence-corrected chi connectivity index (χ0v) is 11.8. The molecule has 1 aliphatic carbocycles. The molecule has 1 unspecified atom stereocenters. The number of carbonyl (C=O) groups excluding carboxylic acids is 2. The van der Waals surface area contributed by atoms with Gasteiger partial charge in [0.15, 0.2) is 0 Å². The maximum Gasteiger partial charge on any atom is 0.221 e. The highest BCUT2D eigenvalue weighted by atomic mass is 16.1. The number of benzene rings is 1. The number of hydrogen-bond acceptors (Lipinski definition) is 2. The molecular formula is C16H21NO2. The van der Waals surface area contributed by atoms with Crippen LogP contribution in [-0.2, 0) is 21.4 Å². The van der Waals surface area contributed by atoms with Crippen LogP contribution in [0.25, 0.3) is 0 Å². The van der Waals surface area contributed by atoms with E-state index in [2.05, 4.69) is 26.0 Å². The van der Waals surface area contributed by atoms with E-state index in [4.69, 9.17) is 5.73 Å². The van der Waals surface area contributed by atoms with Gasteiger partial charge >= 0.3 is 0 Å². The molecule has 1 amide bonds. The summed E-state index contributed by atoms with van der Waals surface area (Å²) >= 11 is 0. The number of Topliss-reactive ketones (excluding diaryl/α,β-unsaturated/α-hetero) is 1. The van der Waals surface area contributed by atoms with Gasteiger partial charge in [-0.3, -0.25) is 4.79 Å². The Kier molecular flexibility index (Phi) is 3.48. The highest BCUT2D eigenvalue weighted by Crippen LogP contribution is 2.47. The van der Waals surface area contributed by atoms with Crippen molar-refractivity contribution in [3.63, 3.8) is 0 Å². The van der Waals surface area contributed by atoms with Crippen LogP contribution in [0.2, 0.25) is 0 Å². The number of ketones is 1. The molecule has 2 N–H and O–H groups in total. The monoisotopic (exact) mass is 259 g/mol. The third kappa shape index (κ3) is 2.86. The Labute approximate surface area is 114 Å². The molecule has 19 heavy (non-hydrogen) atoms. The SMILES string of the molecule is CC(=O)CC1CC(C)(C)c2ccc(CC(N)=O)cc21. The number of amides is 1. The van der Waals surface area contributed by atoms with E-state index in [1.54, 1.807) is 6.92 Å². The molecule has 0 saturated carbocycles. The van der Waals surface area contributed by atoms with Crippen molar-refractivity contribution < 1.29 is 9.59 Å². The van der Waals surface area contributed by atoms with Crippen LogP contribution in [0.1, 0.15) is 56.2 Å². The van der Waals surface area contributed by atoms with Gasteiger partial charge in [0.05, 0.1) is 6.42 Å². The Hall–Kier alpha value is -1.64. The van der Waals surface area contributed by atoms with E-state index in [0.29, 0.717) is 6.42 Å². The van der Waals surface area contributed by atoms with Gasteiger partial charge in [-0.25, -0.2) is 0 Å². The summed E-state index contributed by atoms with van der Waals surface area (Å²) in [5.74, 6) is 0.171. The maximum absolute atomic E-state index is 11.4. The standard InChI is InChI=1S/C16H21NO2/c1-10(18)6-12-9-16(2,3)14-5-4-11(7-13(12)14)8-15(17)19/h4-5,7,12H,6,8-9H2,1-3H3,(H2,17,19). The molecule has 0 fully saturated rings. The smallest absolute Gasteiger partial charge is 0.221 e. The van der Waals surface area contributed by atoms with E-state index >= 15 is 0 Å². The summed E-state index contributed by atoms with van der Waals surface area (Å²) in [5.41, 5.74) is 8.80. The third-order valence-electron chi connectivity index (χ3n) is 3.95. The van der Waals surface area contributed by atoms with Crippen molar-refractivity contribution in [1.29, 1.82) is 0 Å². The molecule has 0 spiro atoms. The molecule has 1 aliphatic rings. The minimum atomic E-state index is -0.319. The fraction of sp³-hybridized carbons (Fsp3) is 0.500. The van der Waals surface area contributed by atoms with Gasteiger partial charge in [0.2, 0.25) is 5.91 Å². The second kappa shape index (κ2) is 4.80. The summed E-state index contributed by atoms with van der Waals surface area (Å²) in [4.78, 5) is 22.4. The Morgan fingerprint density at radius 2 is 2.05 bits per heavy atom. The third-order valence-corrected chi connectivity index (χ3v) is 3.95. The van der Waals surface area contributed by atoms with Crippen LogP contribution in [0, 0.1) is 0 Å². The quantitative estimate of drug-likeness (QED) is 0.903. The highest BCUT2D eigenvalue weighted by Gasteiger charge is 2.37. The predicted octanol–water partition coefficient (Wildman–Crippen LogP) is 2.46. The average Bonchev–Trinajstić information content (AvgIpc) is 2.48. The van der Waals surface area contributed by atoms with Crippen molar-refractivity contribution in [2.24, 2.45) is 5.73 Å². The van der Waals surface area contributed by atoms with Gasteiger partial charge in [0.1, 0.15) is 5.78 Å². The fourth-order valence-electron chi connectivity index (χ4n) is 3.24. The van der Waals surface area contributed by atoms with E-state index in [-0.39, 0.29) is 29.4 Å². The van der Waals surface area contributed by atoms with Crippen LogP contribution < -0.4 is 5.73 Å². The fourth-order valence-corrected chi connectivity index (χ4v) is 3.24. The second-order valence-electron chi connectivity index (χ2n) is 6.26. The lowest BCUT2D eigenvalue weighted by atomic mass is 9.85. The second-order valence-corrected chi connectivity index (χ2v) is 6.26. The molecule has 0 bridgehead atoms. The molecule has 0 aromatic heterocycles. The largest absolute Gasteiger partial charge is 0.369 e. The first-order valence-electron chi connectivity index (χ1n) is 6.70. The van der Waals surface area contributed by atoms with Crippen molar-refractivity contribution >= 4 is 11.7 Å². The Morgan fingerprint density at radius 1 is 1.37 bits per heavy atom. The zero-order chi connectivity index (χ0) is 14.2. The van der Waals surface area contributed by atoms with Gasteiger partial charge in [-0.2, -0.15) is 0 Å². The molecule has 3 heteroatoms. The normalized spacial score (nSPS) is 20.1. The van der Waals surface area contributed by atoms with E-state index < -0.39 is 0 Å². The topological polar surface area (TPSA) is 60.2 Å². The first-order valence-corrected chi connectivity index (χ1v) is 6.70. The van der Waals surface area contributed by atoms with Crippen LogP contribution >= 0.6 is 0 Å². The van der Waals surface area contributed by atoms with Crippen molar-refractivity contribution in [3.05, 3.63) is 34.9 Å². The minimum absolute atomic E-state index is 0.0979. The molecule has 2 rings (SSSR count). The molecule has 102 valence electrons. The average molecular weight is 259 g/mol. The van der Waals surface area contributed by atoms with Gasteiger partial charge in [0, 0.05) is 6.42 Å². The highest BCUT2D eigenvalue weighted by molar-refractivity contribution is 5.78. The van der Waals surface area contributed by atoms with E-state index in [1.807, 2.05) is 6.07 Å². The van der Waals surface area contributed by atoms with Crippen molar-refractivity contribution in [3.8, 4) is 0 Å². The molecule has 0 aliphatic heterocycles. The summed E-state index contributed by atoms with van der Waals surface area (Å²) in [6, 6.07) is 6.12. The van der Waals surface area contributed by atoms with Crippen LogP contribution in [0.3, 0.4) is 0 Å². The summed E-state index contributed by atoms with van der Waals surface area (Å²) in [6.07, 6.45) is 1.83. The lowest BCUT2D eigenvalue weighted by Crippen LogP contribution is -2.14. The summed E-state index contributed by atoms with van der Waals surface area (Å²) in [6.45, 7) is 6.05. The molecule has 0 radical (unpaired) electrons. The molecule has 1 atom stereocenters. The zero-order valence-electron chi connectivity index (χ0n) is 11.8. The molecule has 0 saturated heterocycles. The summed E-state index contributed by atoms with van der Waals surface area (Å²) in [5, 5.41) is 0. The van der Waals surface area contributed by atoms with Crippen LogP contribution in [0.4, 0.5) is 0 Å². The number of primary amides is 1. The molecule has 3 nitrogen and oxygen atoms in total. The van der Waals surface area contributed by atoms with E-state index in [1.165, 1.54) is 11.1 Å². The van der Waals surface area contributed by atoms with Crippen LogP contribution in [0.15, 0.2) is 18.2 Å². The van der Waals surface area contributed by atoms with E-state index in [0.717, 1.165) is 12.0 Å². The molecule has 1 aromatic carbocycles. The molecule has 0 heterocycles. The summed E-state index contributed by atoms with van der Waals surface area (Å²) in [7, 11) is 0. The lowest BCUT2D eigenvalue weighted by Gasteiger charge is -2.19. The maximum atomic E-state index is 11.4. The van der Waals surface area contributed by atoms with Gasteiger partial charge in [-0.15, -0.1) is 0 Å². The predicted molar refractivity (Wildman–Crippen MR) is 75.0 cm³/mol. The Balaban J connectivity index is 2.39. The first kappa shape index (κ1) is 13.8. The first-order chi connectivity index (χ1) is 8.79. The molecular weight excluding hydrogens is 238 g/mol. The Bertz CT molecular complexity index is 532. The number of carbonyl (C=O) groups is 2. The number of fused-ring (bicyclic) bond motifs is 1. The number of rotatable bonds is 4. The number of hydrogen-bond donors (Lipinski definition) is 1. The van der Waals surface area contributed by atoms with Crippen LogP contribution in [0.5, 0.6) is 0 Å². The van der Waals surface area contributed by atoms with Crippen molar-refractivity contribution in [2.75, 3.05) is 0 Å². The van der Waals surface area contributed by atoms with Crippen LogP contribution in [-0.4, -0.2) is 11.7 Å². The summed E-state index contributed by atoms with van der Waals surface area (Å²) < 4.78 is 0. The van der Waals surface area contributed by atoms with Gasteiger partial charge in [0.25, 0.3) is 0 Å². The van der Waals surface area contributed by atoms with Gasteiger partial charge in [-0.1, -0.05) is 32.0 Å². The number of nitrogens with two attached hydrogens (primary N) is 1.